The third-order valence-electron chi connectivity index (χ3n) is 3.25. The van der Waals surface area contributed by atoms with Crippen molar-refractivity contribution in [2.24, 2.45) is 0 Å². The van der Waals surface area contributed by atoms with Gasteiger partial charge in [0.2, 0.25) is 0 Å². The third kappa shape index (κ3) is 4.80. The van der Waals surface area contributed by atoms with Crippen LogP contribution < -0.4 is 15.8 Å². The van der Waals surface area contributed by atoms with Crippen LogP contribution in [0.5, 0.6) is 5.75 Å². The summed E-state index contributed by atoms with van der Waals surface area (Å²) in [7, 11) is 1.39. The molecule has 2 aromatic carbocycles. The topological polar surface area (TPSA) is 90.7 Å². The predicted molar refractivity (Wildman–Crippen MR) is 99.6 cm³/mol. The molecule has 25 heavy (non-hydrogen) atoms. The molecule has 0 aliphatic heterocycles. The van der Waals surface area contributed by atoms with Crippen LogP contribution in [0.1, 0.15) is 10.4 Å². The first-order chi connectivity index (χ1) is 12.0. The summed E-state index contributed by atoms with van der Waals surface area (Å²) in [6.07, 6.45) is 1.90. The molecule has 0 fully saturated rings. The quantitative estimate of drug-likeness (QED) is 0.453. The van der Waals surface area contributed by atoms with Gasteiger partial charge in [0.05, 0.1) is 23.5 Å². The largest absolute Gasteiger partial charge is 0.496 e. The minimum atomic E-state index is -0.730. The van der Waals surface area contributed by atoms with Crippen molar-refractivity contribution in [1.82, 2.24) is 0 Å². The maximum Gasteiger partial charge on any atom is 0.342 e. The molecule has 6 nitrogen and oxygen atoms in total. The average molecular weight is 381 g/mol. The molecule has 1 amide bonds. The van der Waals surface area contributed by atoms with Crippen LogP contribution in [0.4, 0.5) is 11.4 Å². The maximum atomic E-state index is 12.2. The van der Waals surface area contributed by atoms with Crippen molar-refractivity contribution in [2.75, 3.05) is 31.0 Å². The Morgan fingerprint density at radius 2 is 2.00 bits per heavy atom. The first kappa shape index (κ1) is 19.0. The maximum absolute atomic E-state index is 12.2. The lowest BCUT2D eigenvalue weighted by Crippen LogP contribution is -2.21. The Bertz CT molecular complexity index is 798. The lowest BCUT2D eigenvalue weighted by Gasteiger charge is -2.12. The number of hydrogen-bond donors (Lipinski definition) is 2. The Morgan fingerprint density at radius 1 is 1.28 bits per heavy atom. The molecule has 132 valence electrons. The van der Waals surface area contributed by atoms with E-state index in [-0.39, 0.29) is 22.0 Å². The summed E-state index contributed by atoms with van der Waals surface area (Å²) in [6.45, 7) is -0.438. The lowest BCUT2D eigenvalue weighted by molar-refractivity contribution is -0.119. The van der Waals surface area contributed by atoms with E-state index < -0.39 is 18.5 Å². The number of nitrogens with one attached hydrogen (secondary N) is 1. The zero-order valence-electron chi connectivity index (χ0n) is 13.7. The van der Waals surface area contributed by atoms with Crippen LogP contribution >= 0.6 is 23.4 Å². The number of carbonyl (C=O) groups is 2. The van der Waals surface area contributed by atoms with E-state index in [9.17, 15) is 9.59 Å². The minimum Gasteiger partial charge on any atom is -0.496 e. The summed E-state index contributed by atoms with van der Waals surface area (Å²) < 4.78 is 10.1. The number of benzene rings is 2. The van der Waals surface area contributed by atoms with Crippen molar-refractivity contribution < 1.29 is 19.1 Å². The van der Waals surface area contributed by atoms with E-state index in [2.05, 4.69) is 5.32 Å². The standard InChI is InChI=1S/C17H17ClN2O4S/c1-23-14-8-12(19)11(18)7-10(14)17(22)24-9-16(21)20-13-5-3-4-6-15(13)25-2/h3-8H,9,19H2,1-2H3,(H,20,21). The molecule has 0 aliphatic rings. The van der Waals surface area contributed by atoms with Gasteiger partial charge in [-0.2, -0.15) is 0 Å². The van der Waals surface area contributed by atoms with Crippen molar-refractivity contribution in [1.29, 1.82) is 0 Å². The molecule has 2 aromatic rings. The summed E-state index contributed by atoms with van der Waals surface area (Å²) in [5, 5.41) is 2.90. The number of methoxy groups -OCH3 is 1. The number of nitrogens with two attached hydrogens (primary N) is 1. The van der Waals surface area contributed by atoms with Gasteiger partial charge in [0.15, 0.2) is 6.61 Å². The van der Waals surface area contributed by atoms with E-state index in [1.807, 2.05) is 24.5 Å². The molecular formula is C17H17ClN2O4S. The third-order valence-corrected chi connectivity index (χ3v) is 4.38. The Balaban J connectivity index is 2.02. The highest BCUT2D eigenvalue weighted by molar-refractivity contribution is 7.98. The summed E-state index contributed by atoms with van der Waals surface area (Å²) in [5.74, 6) is -0.956. The van der Waals surface area contributed by atoms with Gasteiger partial charge in [0.1, 0.15) is 11.3 Å². The van der Waals surface area contributed by atoms with E-state index in [0.29, 0.717) is 5.69 Å². The van der Waals surface area contributed by atoms with Gasteiger partial charge in [0.25, 0.3) is 5.91 Å². The van der Waals surface area contributed by atoms with Crippen LogP contribution in [0.25, 0.3) is 0 Å². The van der Waals surface area contributed by atoms with Crippen molar-refractivity contribution in [3.63, 3.8) is 0 Å². The van der Waals surface area contributed by atoms with Gasteiger partial charge < -0.3 is 20.5 Å². The summed E-state index contributed by atoms with van der Waals surface area (Å²) in [4.78, 5) is 25.1. The van der Waals surface area contributed by atoms with Crippen molar-refractivity contribution in [2.45, 2.75) is 4.90 Å². The molecule has 3 N–H and O–H groups in total. The Morgan fingerprint density at radius 3 is 2.68 bits per heavy atom. The van der Waals surface area contributed by atoms with Gasteiger partial charge in [-0.05, 0) is 24.5 Å². The summed E-state index contributed by atoms with van der Waals surface area (Å²) in [6, 6.07) is 10.1. The lowest BCUT2D eigenvalue weighted by atomic mass is 10.2. The Hall–Kier alpha value is -2.38. The fraction of sp³-hybridized carbons (Fsp3) is 0.176. The monoisotopic (exact) mass is 380 g/mol. The minimum absolute atomic E-state index is 0.0963. The first-order valence-electron chi connectivity index (χ1n) is 7.19. The molecule has 8 heteroatoms. The SMILES string of the molecule is COc1cc(N)c(Cl)cc1C(=O)OCC(=O)Nc1ccccc1SC. The molecule has 0 aromatic heterocycles. The zero-order chi connectivity index (χ0) is 18.4. The highest BCUT2D eigenvalue weighted by Gasteiger charge is 2.18. The van der Waals surface area contributed by atoms with Crippen LogP contribution in [-0.4, -0.2) is 31.8 Å². The number of para-hydroxylation sites is 1. The van der Waals surface area contributed by atoms with Crippen molar-refractivity contribution in [3.8, 4) is 5.75 Å². The second-order valence-electron chi connectivity index (χ2n) is 4.90. The van der Waals surface area contributed by atoms with E-state index in [1.165, 1.54) is 31.0 Å². The van der Waals surface area contributed by atoms with Crippen LogP contribution in [-0.2, 0) is 9.53 Å². The number of hydrogen-bond acceptors (Lipinski definition) is 6. The number of thioether (sulfide) groups is 1. The molecule has 0 saturated carbocycles. The fourth-order valence-corrected chi connectivity index (χ4v) is 2.76. The van der Waals surface area contributed by atoms with E-state index in [0.717, 1.165) is 4.90 Å². The second-order valence-corrected chi connectivity index (χ2v) is 6.15. The smallest absolute Gasteiger partial charge is 0.342 e. The molecule has 0 aliphatic carbocycles. The Labute approximate surface area is 154 Å². The molecule has 0 radical (unpaired) electrons. The molecule has 0 bridgehead atoms. The van der Waals surface area contributed by atoms with Crippen LogP contribution in [0.15, 0.2) is 41.3 Å². The number of nitrogen functional groups attached to an aromatic ring is 1. The van der Waals surface area contributed by atoms with Gasteiger partial charge in [-0.15, -0.1) is 11.8 Å². The predicted octanol–water partition coefficient (Wildman–Crippen LogP) is 3.45. The highest BCUT2D eigenvalue weighted by Crippen LogP contribution is 2.29. The molecule has 0 atom stereocenters. The van der Waals surface area contributed by atoms with Gasteiger partial charge >= 0.3 is 5.97 Å². The number of halogens is 1. The fourth-order valence-electron chi connectivity index (χ4n) is 2.04. The van der Waals surface area contributed by atoms with Crippen molar-refractivity contribution >= 4 is 46.6 Å². The van der Waals surface area contributed by atoms with Gasteiger partial charge in [0, 0.05) is 11.0 Å². The number of carbonyl (C=O) groups excluding carboxylic acids is 2. The van der Waals surface area contributed by atoms with Crippen molar-refractivity contribution in [3.05, 3.63) is 47.0 Å². The first-order valence-corrected chi connectivity index (χ1v) is 8.79. The molecule has 0 heterocycles. The molecule has 2 rings (SSSR count). The van der Waals surface area contributed by atoms with Crippen LogP contribution in [0, 0.1) is 0 Å². The number of anilines is 2. The number of ether oxygens (including phenoxy) is 2. The number of amides is 1. The van der Waals surface area contributed by atoms with Crippen LogP contribution in [0.3, 0.4) is 0 Å². The number of esters is 1. The summed E-state index contributed by atoms with van der Waals surface area (Å²) >= 11 is 7.42. The molecular weight excluding hydrogens is 364 g/mol. The van der Waals surface area contributed by atoms with E-state index in [1.54, 1.807) is 6.07 Å². The highest BCUT2D eigenvalue weighted by atomic mass is 35.5. The van der Waals surface area contributed by atoms with E-state index >= 15 is 0 Å². The molecule has 0 saturated heterocycles. The van der Waals surface area contributed by atoms with Gasteiger partial charge in [-0.3, -0.25) is 4.79 Å². The van der Waals surface area contributed by atoms with Gasteiger partial charge in [-0.25, -0.2) is 4.79 Å². The van der Waals surface area contributed by atoms with Gasteiger partial charge in [-0.1, -0.05) is 23.7 Å². The normalized spacial score (nSPS) is 10.2. The molecule has 0 unspecified atom stereocenters. The average Bonchev–Trinajstić information content (AvgIpc) is 2.62. The molecule has 0 spiro atoms. The number of rotatable bonds is 6. The van der Waals surface area contributed by atoms with E-state index in [4.69, 9.17) is 26.8 Å². The summed E-state index contributed by atoms with van der Waals surface area (Å²) in [5.41, 5.74) is 6.70. The zero-order valence-corrected chi connectivity index (χ0v) is 15.2. The second kappa shape index (κ2) is 8.64. The van der Waals surface area contributed by atoms with Crippen LogP contribution in [0.2, 0.25) is 5.02 Å². The Kier molecular flexibility index (Phi) is 6.55.